The Morgan fingerprint density at radius 2 is 1.77 bits per heavy atom. The summed E-state index contributed by atoms with van der Waals surface area (Å²) in [6, 6.07) is 16.6. The average Bonchev–Trinajstić information content (AvgIpc) is 2.55. The second kappa shape index (κ2) is 6.44. The third kappa shape index (κ3) is 3.12. The first-order valence-electron chi connectivity index (χ1n) is 7.46. The molecule has 0 bridgehead atoms. The summed E-state index contributed by atoms with van der Waals surface area (Å²) < 4.78 is 1.05. The first kappa shape index (κ1) is 15.0. The number of para-hydroxylation sites is 1. The van der Waals surface area contributed by atoms with E-state index in [-0.39, 0.29) is 0 Å². The molecule has 0 aliphatic heterocycles. The maximum Gasteiger partial charge on any atom is 0.162 e. The monoisotopic (exact) mass is 355 g/mol. The van der Waals surface area contributed by atoms with Gasteiger partial charge in [-0.1, -0.05) is 47.1 Å². The fourth-order valence-electron chi connectivity index (χ4n) is 2.25. The lowest BCUT2D eigenvalue weighted by molar-refractivity contribution is 0.760. The molecule has 1 heterocycles. The Morgan fingerprint density at radius 3 is 2.50 bits per heavy atom. The van der Waals surface area contributed by atoms with Gasteiger partial charge in [0.25, 0.3) is 0 Å². The summed E-state index contributed by atoms with van der Waals surface area (Å²) >= 11 is 3.46. The van der Waals surface area contributed by atoms with Crippen LogP contribution in [0, 0.1) is 0 Å². The molecule has 22 heavy (non-hydrogen) atoms. The van der Waals surface area contributed by atoms with Crippen LogP contribution in [0.1, 0.15) is 20.3 Å². The number of anilines is 1. The summed E-state index contributed by atoms with van der Waals surface area (Å²) in [4.78, 5) is 9.45. The molecule has 0 fully saturated rings. The van der Waals surface area contributed by atoms with Gasteiger partial charge in [-0.3, -0.25) is 0 Å². The summed E-state index contributed by atoms with van der Waals surface area (Å²) in [5.41, 5.74) is 1.97. The lowest BCUT2D eigenvalue weighted by Crippen LogP contribution is -2.15. The molecule has 0 saturated heterocycles. The SMILES string of the molecule is CC[C@H](C)Nc1nc(-c2ccc(Br)cc2)nc2ccccc12. The molecule has 0 spiro atoms. The van der Waals surface area contributed by atoms with Gasteiger partial charge in [0.05, 0.1) is 5.52 Å². The molecule has 1 atom stereocenters. The van der Waals surface area contributed by atoms with Crippen LogP contribution < -0.4 is 5.32 Å². The number of aromatic nitrogens is 2. The first-order valence-corrected chi connectivity index (χ1v) is 8.26. The summed E-state index contributed by atoms with van der Waals surface area (Å²) in [6.07, 6.45) is 1.05. The Kier molecular flexibility index (Phi) is 4.39. The van der Waals surface area contributed by atoms with Crippen LogP contribution >= 0.6 is 15.9 Å². The molecule has 3 nitrogen and oxygen atoms in total. The van der Waals surface area contributed by atoms with Crippen LogP contribution in [0.5, 0.6) is 0 Å². The molecule has 0 aliphatic rings. The molecule has 3 aromatic rings. The molecule has 3 rings (SSSR count). The fourth-order valence-corrected chi connectivity index (χ4v) is 2.51. The summed E-state index contributed by atoms with van der Waals surface area (Å²) in [5.74, 6) is 1.65. The normalized spacial score (nSPS) is 12.3. The van der Waals surface area contributed by atoms with E-state index in [2.05, 4.69) is 41.2 Å². The Balaban J connectivity index is 2.13. The van der Waals surface area contributed by atoms with E-state index in [1.165, 1.54) is 0 Å². The average molecular weight is 356 g/mol. The maximum atomic E-state index is 4.75. The lowest BCUT2D eigenvalue weighted by Gasteiger charge is -2.15. The Morgan fingerprint density at radius 1 is 1.05 bits per heavy atom. The van der Waals surface area contributed by atoms with Crippen molar-refractivity contribution in [3.05, 3.63) is 53.0 Å². The van der Waals surface area contributed by atoms with Crippen LogP contribution in [0.2, 0.25) is 0 Å². The van der Waals surface area contributed by atoms with E-state index in [4.69, 9.17) is 9.97 Å². The standard InChI is InChI=1S/C18H18BrN3/c1-3-12(2)20-18-15-6-4-5-7-16(15)21-17(22-18)13-8-10-14(19)11-9-13/h4-12H,3H2,1-2H3,(H,20,21,22)/t12-/m0/s1. The predicted molar refractivity (Wildman–Crippen MR) is 96.0 cm³/mol. The van der Waals surface area contributed by atoms with E-state index in [0.717, 1.165) is 39.0 Å². The van der Waals surface area contributed by atoms with Crippen molar-refractivity contribution in [2.75, 3.05) is 5.32 Å². The zero-order chi connectivity index (χ0) is 15.5. The van der Waals surface area contributed by atoms with Crippen molar-refractivity contribution in [3.63, 3.8) is 0 Å². The van der Waals surface area contributed by atoms with Crippen LogP contribution in [-0.2, 0) is 0 Å². The molecule has 0 unspecified atom stereocenters. The third-order valence-corrected chi connectivity index (χ3v) is 4.23. The molecule has 2 aromatic carbocycles. The quantitative estimate of drug-likeness (QED) is 0.692. The van der Waals surface area contributed by atoms with Gasteiger partial charge in [0.2, 0.25) is 0 Å². The van der Waals surface area contributed by atoms with Crippen LogP contribution in [0.25, 0.3) is 22.3 Å². The van der Waals surface area contributed by atoms with Crippen molar-refractivity contribution in [3.8, 4) is 11.4 Å². The zero-order valence-corrected chi connectivity index (χ0v) is 14.3. The van der Waals surface area contributed by atoms with Crippen molar-refractivity contribution in [2.24, 2.45) is 0 Å². The number of nitrogens with one attached hydrogen (secondary N) is 1. The number of hydrogen-bond donors (Lipinski definition) is 1. The van der Waals surface area contributed by atoms with Gasteiger partial charge >= 0.3 is 0 Å². The Bertz CT molecular complexity index is 784. The zero-order valence-electron chi connectivity index (χ0n) is 12.7. The topological polar surface area (TPSA) is 37.8 Å². The van der Waals surface area contributed by atoms with Crippen molar-refractivity contribution >= 4 is 32.7 Å². The van der Waals surface area contributed by atoms with Crippen LogP contribution in [0.15, 0.2) is 53.0 Å². The second-order valence-electron chi connectivity index (χ2n) is 5.37. The van der Waals surface area contributed by atoms with Gasteiger partial charge in [-0.25, -0.2) is 9.97 Å². The number of benzene rings is 2. The van der Waals surface area contributed by atoms with E-state index in [9.17, 15) is 0 Å². The molecule has 0 aliphatic carbocycles. The summed E-state index contributed by atoms with van der Waals surface area (Å²) in [7, 11) is 0. The number of halogens is 1. The molecule has 1 aromatic heterocycles. The van der Waals surface area contributed by atoms with Gasteiger partial charge in [-0.15, -0.1) is 0 Å². The minimum atomic E-state index is 0.371. The van der Waals surface area contributed by atoms with Gasteiger partial charge < -0.3 is 5.32 Å². The highest BCUT2D eigenvalue weighted by atomic mass is 79.9. The van der Waals surface area contributed by atoms with Crippen LogP contribution in [-0.4, -0.2) is 16.0 Å². The van der Waals surface area contributed by atoms with E-state index in [1.54, 1.807) is 0 Å². The van der Waals surface area contributed by atoms with Crippen molar-refractivity contribution in [1.29, 1.82) is 0 Å². The maximum absolute atomic E-state index is 4.75. The highest BCUT2D eigenvalue weighted by Gasteiger charge is 2.10. The number of rotatable bonds is 4. The third-order valence-electron chi connectivity index (χ3n) is 3.70. The molecular weight excluding hydrogens is 338 g/mol. The molecular formula is C18H18BrN3. The van der Waals surface area contributed by atoms with Crippen molar-refractivity contribution in [2.45, 2.75) is 26.3 Å². The molecule has 0 saturated carbocycles. The van der Waals surface area contributed by atoms with E-state index in [1.807, 2.05) is 42.5 Å². The minimum absolute atomic E-state index is 0.371. The van der Waals surface area contributed by atoms with E-state index < -0.39 is 0 Å². The number of hydrogen-bond acceptors (Lipinski definition) is 3. The predicted octanol–water partition coefficient (Wildman–Crippen LogP) is 5.27. The smallest absolute Gasteiger partial charge is 0.162 e. The van der Waals surface area contributed by atoms with E-state index >= 15 is 0 Å². The summed E-state index contributed by atoms with van der Waals surface area (Å²) in [5, 5.41) is 4.55. The molecule has 0 radical (unpaired) electrons. The molecule has 4 heteroatoms. The Hall–Kier alpha value is -1.94. The van der Waals surface area contributed by atoms with Gasteiger partial charge in [0, 0.05) is 21.5 Å². The van der Waals surface area contributed by atoms with Crippen molar-refractivity contribution < 1.29 is 0 Å². The number of fused-ring (bicyclic) bond motifs is 1. The fraction of sp³-hybridized carbons (Fsp3) is 0.222. The van der Waals surface area contributed by atoms with Crippen LogP contribution in [0.4, 0.5) is 5.82 Å². The largest absolute Gasteiger partial charge is 0.367 e. The van der Waals surface area contributed by atoms with Crippen molar-refractivity contribution in [1.82, 2.24) is 9.97 Å². The first-order chi connectivity index (χ1) is 10.7. The van der Waals surface area contributed by atoms with Gasteiger partial charge in [0.1, 0.15) is 5.82 Å². The van der Waals surface area contributed by atoms with Gasteiger partial charge in [0.15, 0.2) is 5.82 Å². The van der Waals surface area contributed by atoms with Gasteiger partial charge in [-0.2, -0.15) is 0 Å². The van der Waals surface area contributed by atoms with E-state index in [0.29, 0.717) is 6.04 Å². The highest BCUT2D eigenvalue weighted by molar-refractivity contribution is 9.10. The van der Waals surface area contributed by atoms with Gasteiger partial charge in [-0.05, 0) is 37.6 Å². The lowest BCUT2D eigenvalue weighted by atomic mass is 10.1. The second-order valence-corrected chi connectivity index (χ2v) is 6.29. The molecule has 0 amide bonds. The highest BCUT2D eigenvalue weighted by Crippen LogP contribution is 2.26. The molecule has 112 valence electrons. The number of nitrogens with zero attached hydrogens (tertiary/aromatic N) is 2. The summed E-state index contributed by atoms with van der Waals surface area (Å²) in [6.45, 7) is 4.33. The Labute approximate surface area is 138 Å². The minimum Gasteiger partial charge on any atom is -0.367 e. The molecule has 1 N–H and O–H groups in total. The van der Waals surface area contributed by atoms with Crippen LogP contribution in [0.3, 0.4) is 0 Å².